The van der Waals surface area contributed by atoms with Gasteiger partial charge in [0.2, 0.25) is 0 Å². The summed E-state index contributed by atoms with van der Waals surface area (Å²) in [6.45, 7) is 0.866. The Morgan fingerprint density at radius 1 is 1.62 bits per heavy atom. The molecular formula is C9H11N3S. The van der Waals surface area contributed by atoms with E-state index in [-0.39, 0.29) is 0 Å². The van der Waals surface area contributed by atoms with Gasteiger partial charge in [-0.1, -0.05) is 5.92 Å². The third-order valence-electron chi connectivity index (χ3n) is 1.31. The largest absolute Gasteiger partial charge is 0.368 e. The summed E-state index contributed by atoms with van der Waals surface area (Å²) in [7, 11) is 0. The van der Waals surface area contributed by atoms with E-state index in [2.05, 4.69) is 21.4 Å². The van der Waals surface area contributed by atoms with Gasteiger partial charge in [0, 0.05) is 18.5 Å². The Labute approximate surface area is 82.3 Å². The molecule has 4 heteroatoms. The monoisotopic (exact) mass is 193 g/mol. The summed E-state index contributed by atoms with van der Waals surface area (Å²) in [6, 6.07) is 3.74. The molecule has 0 atom stereocenters. The van der Waals surface area contributed by atoms with Crippen LogP contribution in [0.5, 0.6) is 0 Å². The van der Waals surface area contributed by atoms with Gasteiger partial charge in [0.25, 0.3) is 0 Å². The van der Waals surface area contributed by atoms with Crippen LogP contribution in [0.25, 0.3) is 0 Å². The highest BCUT2D eigenvalue weighted by Crippen LogP contribution is 2.00. The number of rotatable bonds is 5. The van der Waals surface area contributed by atoms with Gasteiger partial charge in [0.1, 0.15) is 5.82 Å². The second kappa shape index (κ2) is 6.32. The number of terminal acetylenes is 1. The lowest BCUT2D eigenvalue weighted by Gasteiger charge is -2.02. The van der Waals surface area contributed by atoms with Crippen LogP contribution in [0.15, 0.2) is 18.3 Å². The van der Waals surface area contributed by atoms with E-state index in [0.717, 1.165) is 23.9 Å². The van der Waals surface area contributed by atoms with E-state index in [1.54, 1.807) is 18.0 Å². The molecular weight excluding hydrogens is 182 g/mol. The molecule has 0 aromatic carbocycles. The summed E-state index contributed by atoms with van der Waals surface area (Å²) < 4.78 is 0. The topological polar surface area (TPSA) is 37.8 Å². The Balaban J connectivity index is 2.11. The van der Waals surface area contributed by atoms with Crippen molar-refractivity contribution in [1.29, 1.82) is 0 Å². The molecule has 1 heterocycles. The molecule has 1 aromatic rings. The van der Waals surface area contributed by atoms with Crippen molar-refractivity contribution >= 4 is 17.6 Å². The van der Waals surface area contributed by atoms with E-state index < -0.39 is 0 Å². The Morgan fingerprint density at radius 2 is 2.54 bits per heavy atom. The molecule has 0 fully saturated rings. The van der Waals surface area contributed by atoms with Crippen molar-refractivity contribution in [2.75, 3.05) is 23.4 Å². The lowest BCUT2D eigenvalue weighted by atomic mass is 10.5. The fourth-order valence-corrected chi connectivity index (χ4v) is 1.29. The zero-order valence-corrected chi connectivity index (χ0v) is 8.05. The molecule has 0 aliphatic heterocycles. The van der Waals surface area contributed by atoms with Gasteiger partial charge in [-0.2, -0.15) is 5.10 Å². The second-order valence-electron chi connectivity index (χ2n) is 2.29. The third kappa shape index (κ3) is 4.38. The fraction of sp³-hybridized carbons (Fsp3) is 0.333. The lowest BCUT2D eigenvalue weighted by Crippen LogP contribution is -2.06. The van der Waals surface area contributed by atoms with Crippen LogP contribution in [0.4, 0.5) is 5.82 Å². The van der Waals surface area contributed by atoms with E-state index in [0.29, 0.717) is 0 Å². The highest BCUT2D eigenvalue weighted by Gasteiger charge is 1.90. The van der Waals surface area contributed by atoms with Gasteiger partial charge in [-0.05, 0) is 12.1 Å². The van der Waals surface area contributed by atoms with Crippen molar-refractivity contribution in [3.63, 3.8) is 0 Å². The molecule has 1 N–H and O–H groups in total. The first-order valence-corrected chi connectivity index (χ1v) is 5.11. The predicted octanol–water partition coefficient (Wildman–Crippen LogP) is 1.25. The fourth-order valence-electron chi connectivity index (χ4n) is 0.778. The molecule has 0 amide bonds. The van der Waals surface area contributed by atoms with Crippen molar-refractivity contribution in [2.24, 2.45) is 0 Å². The Hall–Kier alpha value is -1.21. The Kier molecular flexibility index (Phi) is 4.80. The molecule has 3 nitrogen and oxygen atoms in total. The quantitative estimate of drug-likeness (QED) is 0.564. The van der Waals surface area contributed by atoms with Crippen LogP contribution in [-0.4, -0.2) is 28.2 Å². The average molecular weight is 193 g/mol. The van der Waals surface area contributed by atoms with Gasteiger partial charge in [-0.25, -0.2) is 0 Å². The number of nitrogens with one attached hydrogen (secondary N) is 1. The lowest BCUT2D eigenvalue weighted by molar-refractivity contribution is 1.01. The highest BCUT2D eigenvalue weighted by molar-refractivity contribution is 7.99. The number of aromatic nitrogens is 2. The number of hydrogen-bond acceptors (Lipinski definition) is 4. The summed E-state index contributed by atoms with van der Waals surface area (Å²) in [5, 5.41) is 10.8. The van der Waals surface area contributed by atoms with Crippen LogP contribution < -0.4 is 5.32 Å². The summed E-state index contributed by atoms with van der Waals surface area (Å²) in [5.41, 5.74) is 0. The summed E-state index contributed by atoms with van der Waals surface area (Å²) >= 11 is 1.73. The molecule has 0 radical (unpaired) electrons. The molecule has 0 unspecified atom stereocenters. The van der Waals surface area contributed by atoms with Gasteiger partial charge >= 0.3 is 0 Å². The molecule has 13 heavy (non-hydrogen) atoms. The van der Waals surface area contributed by atoms with Gasteiger partial charge in [-0.3, -0.25) is 0 Å². The Bertz CT molecular complexity index is 268. The minimum Gasteiger partial charge on any atom is -0.368 e. The van der Waals surface area contributed by atoms with E-state index in [1.807, 2.05) is 12.1 Å². The first kappa shape index (κ1) is 9.87. The van der Waals surface area contributed by atoms with E-state index in [9.17, 15) is 0 Å². The number of anilines is 1. The summed E-state index contributed by atoms with van der Waals surface area (Å²) in [4.78, 5) is 0. The van der Waals surface area contributed by atoms with Crippen molar-refractivity contribution in [3.8, 4) is 12.3 Å². The third-order valence-corrected chi connectivity index (χ3v) is 2.17. The Morgan fingerprint density at radius 3 is 3.23 bits per heavy atom. The van der Waals surface area contributed by atoms with Crippen molar-refractivity contribution in [1.82, 2.24) is 10.2 Å². The van der Waals surface area contributed by atoms with Crippen LogP contribution in [0, 0.1) is 12.3 Å². The summed E-state index contributed by atoms with van der Waals surface area (Å²) in [5.74, 6) is 5.14. The maximum Gasteiger partial charge on any atom is 0.148 e. The molecule has 0 bridgehead atoms. The van der Waals surface area contributed by atoms with Crippen molar-refractivity contribution in [3.05, 3.63) is 18.3 Å². The van der Waals surface area contributed by atoms with Crippen LogP contribution in [0.2, 0.25) is 0 Å². The summed E-state index contributed by atoms with van der Waals surface area (Å²) in [6.07, 6.45) is 6.76. The van der Waals surface area contributed by atoms with Gasteiger partial charge in [-0.15, -0.1) is 23.3 Å². The van der Waals surface area contributed by atoms with Crippen LogP contribution >= 0.6 is 11.8 Å². The molecule has 1 aromatic heterocycles. The first-order valence-electron chi connectivity index (χ1n) is 3.96. The molecule has 0 saturated heterocycles. The van der Waals surface area contributed by atoms with Gasteiger partial charge < -0.3 is 5.32 Å². The average Bonchev–Trinajstić information content (AvgIpc) is 2.19. The SMILES string of the molecule is C#CCSCCNc1cccnn1. The minimum absolute atomic E-state index is 0.766. The molecule has 0 saturated carbocycles. The van der Waals surface area contributed by atoms with E-state index >= 15 is 0 Å². The van der Waals surface area contributed by atoms with Crippen molar-refractivity contribution < 1.29 is 0 Å². The van der Waals surface area contributed by atoms with E-state index in [1.165, 1.54) is 0 Å². The first-order chi connectivity index (χ1) is 6.43. The maximum absolute atomic E-state index is 5.11. The maximum atomic E-state index is 5.11. The smallest absolute Gasteiger partial charge is 0.148 e. The van der Waals surface area contributed by atoms with Crippen LogP contribution in [-0.2, 0) is 0 Å². The zero-order valence-electron chi connectivity index (χ0n) is 7.23. The second-order valence-corrected chi connectivity index (χ2v) is 3.40. The van der Waals surface area contributed by atoms with Gasteiger partial charge in [0.05, 0.1) is 5.75 Å². The van der Waals surface area contributed by atoms with Crippen LogP contribution in [0.3, 0.4) is 0 Å². The van der Waals surface area contributed by atoms with Gasteiger partial charge in [0.15, 0.2) is 0 Å². The van der Waals surface area contributed by atoms with E-state index in [4.69, 9.17) is 6.42 Å². The molecule has 0 aliphatic carbocycles. The molecule has 0 aliphatic rings. The normalized spacial score (nSPS) is 9.15. The molecule has 1 rings (SSSR count). The zero-order chi connectivity index (χ0) is 9.36. The van der Waals surface area contributed by atoms with Crippen molar-refractivity contribution in [2.45, 2.75) is 0 Å². The van der Waals surface area contributed by atoms with Crippen LogP contribution in [0.1, 0.15) is 0 Å². The highest BCUT2D eigenvalue weighted by atomic mass is 32.2. The number of nitrogens with zero attached hydrogens (tertiary/aromatic N) is 2. The molecule has 68 valence electrons. The minimum atomic E-state index is 0.766. The number of thioether (sulfide) groups is 1. The molecule has 0 spiro atoms. The predicted molar refractivity (Wildman–Crippen MR) is 56.7 cm³/mol. The standard InChI is InChI=1S/C9H11N3S/c1-2-7-13-8-6-10-9-4-3-5-11-12-9/h1,3-5H,6-8H2,(H,10,12). The number of hydrogen-bond donors (Lipinski definition) is 1.